The molecule has 0 aliphatic heterocycles. The molecule has 0 aliphatic rings. The van der Waals surface area contributed by atoms with E-state index >= 15 is 0 Å². The van der Waals surface area contributed by atoms with Crippen molar-refractivity contribution in [1.29, 1.82) is 0 Å². The minimum Gasteiger partial charge on any atom is -0.385 e. The second-order valence-electron chi connectivity index (χ2n) is 5.61. The van der Waals surface area contributed by atoms with Gasteiger partial charge in [-0.3, -0.25) is 4.79 Å². The molecule has 0 radical (unpaired) electrons. The van der Waals surface area contributed by atoms with Gasteiger partial charge in [0.25, 0.3) is 0 Å². The van der Waals surface area contributed by atoms with Crippen LogP contribution in [0.2, 0.25) is 0 Å². The second kappa shape index (κ2) is 5.33. The highest BCUT2D eigenvalue weighted by Crippen LogP contribution is 2.29. The number of aliphatic hydroxyl groups is 1. The molecule has 0 fully saturated rings. The predicted molar refractivity (Wildman–Crippen MR) is 65.6 cm³/mol. The molecule has 0 aliphatic carbocycles. The Labute approximate surface area is 110 Å². The van der Waals surface area contributed by atoms with Crippen LogP contribution in [-0.4, -0.2) is 17.0 Å². The van der Waals surface area contributed by atoms with Crippen molar-refractivity contribution in [3.05, 3.63) is 35.4 Å². The van der Waals surface area contributed by atoms with Crippen molar-refractivity contribution < 1.29 is 23.1 Å². The standard InChI is InChI=1S/C14H17F3O2/c1-13(2,3)12(19)11(18)8-9-4-6-10(7-5-9)14(15,16)17/h4-7,12,19H,8H2,1-3H3. The molecule has 1 N–H and O–H groups in total. The molecule has 0 amide bonds. The lowest BCUT2D eigenvalue weighted by atomic mass is 9.85. The first kappa shape index (κ1) is 15.7. The van der Waals surface area contributed by atoms with Crippen LogP contribution >= 0.6 is 0 Å². The van der Waals surface area contributed by atoms with Crippen molar-refractivity contribution in [2.24, 2.45) is 5.41 Å². The molecule has 5 heteroatoms. The molecule has 1 unspecified atom stereocenters. The number of halogens is 3. The molecule has 1 atom stereocenters. The number of carbonyl (C=O) groups is 1. The summed E-state index contributed by atoms with van der Waals surface area (Å²) in [5, 5.41) is 9.77. The van der Waals surface area contributed by atoms with E-state index in [-0.39, 0.29) is 6.42 Å². The zero-order valence-electron chi connectivity index (χ0n) is 11.1. The smallest absolute Gasteiger partial charge is 0.385 e. The molecule has 0 saturated heterocycles. The third kappa shape index (κ3) is 4.35. The van der Waals surface area contributed by atoms with Gasteiger partial charge in [-0.15, -0.1) is 0 Å². The third-order valence-corrected chi connectivity index (χ3v) is 2.78. The summed E-state index contributed by atoms with van der Waals surface area (Å²) in [4.78, 5) is 11.8. The number of rotatable bonds is 3. The topological polar surface area (TPSA) is 37.3 Å². The van der Waals surface area contributed by atoms with E-state index in [1.807, 2.05) is 0 Å². The van der Waals surface area contributed by atoms with Gasteiger partial charge in [0.05, 0.1) is 5.56 Å². The number of carbonyl (C=O) groups excluding carboxylic acids is 1. The van der Waals surface area contributed by atoms with Crippen LogP contribution in [0.1, 0.15) is 31.9 Å². The minimum absolute atomic E-state index is 0.0728. The molecule has 106 valence electrons. The Hall–Kier alpha value is -1.36. The molecule has 19 heavy (non-hydrogen) atoms. The fourth-order valence-corrected chi connectivity index (χ4v) is 1.59. The molecule has 1 rings (SSSR count). The molecule has 1 aromatic carbocycles. The third-order valence-electron chi connectivity index (χ3n) is 2.78. The first-order valence-corrected chi connectivity index (χ1v) is 5.89. The van der Waals surface area contributed by atoms with Gasteiger partial charge in [-0.2, -0.15) is 13.2 Å². The second-order valence-corrected chi connectivity index (χ2v) is 5.61. The van der Waals surface area contributed by atoms with E-state index in [2.05, 4.69) is 0 Å². The summed E-state index contributed by atoms with van der Waals surface area (Å²) in [6.07, 6.45) is -5.58. The van der Waals surface area contributed by atoms with E-state index in [1.165, 1.54) is 12.1 Å². The average molecular weight is 274 g/mol. The largest absolute Gasteiger partial charge is 0.416 e. The highest BCUT2D eigenvalue weighted by molar-refractivity contribution is 5.85. The van der Waals surface area contributed by atoms with Crippen molar-refractivity contribution in [1.82, 2.24) is 0 Å². The zero-order chi connectivity index (χ0) is 14.8. The number of alkyl halides is 3. The van der Waals surface area contributed by atoms with Gasteiger partial charge in [0.15, 0.2) is 5.78 Å². The van der Waals surface area contributed by atoms with Crippen molar-refractivity contribution >= 4 is 5.78 Å². The monoisotopic (exact) mass is 274 g/mol. The Morgan fingerprint density at radius 2 is 1.63 bits per heavy atom. The van der Waals surface area contributed by atoms with Crippen LogP contribution < -0.4 is 0 Å². The maximum absolute atomic E-state index is 12.4. The highest BCUT2D eigenvalue weighted by Gasteiger charge is 2.31. The van der Waals surface area contributed by atoms with E-state index < -0.39 is 29.0 Å². The van der Waals surface area contributed by atoms with Crippen LogP contribution in [0, 0.1) is 5.41 Å². The molecule has 0 bridgehead atoms. The maximum Gasteiger partial charge on any atom is 0.416 e. The number of hydrogen-bond donors (Lipinski definition) is 1. The van der Waals surface area contributed by atoms with Crippen LogP contribution in [-0.2, 0) is 17.4 Å². The summed E-state index contributed by atoms with van der Waals surface area (Å²) in [6.45, 7) is 5.17. The van der Waals surface area contributed by atoms with E-state index in [4.69, 9.17) is 0 Å². The van der Waals surface area contributed by atoms with E-state index in [9.17, 15) is 23.1 Å². The van der Waals surface area contributed by atoms with Crippen LogP contribution in [0.15, 0.2) is 24.3 Å². The molecule has 1 aromatic rings. The first-order chi connectivity index (χ1) is 8.51. The number of benzene rings is 1. The lowest BCUT2D eigenvalue weighted by Gasteiger charge is -2.24. The van der Waals surface area contributed by atoms with Crippen molar-refractivity contribution in [2.75, 3.05) is 0 Å². The Bertz CT molecular complexity index is 441. The van der Waals surface area contributed by atoms with Gasteiger partial charge in [0.2, 0.25) is 0 Å². The Kier molecular flexibility index (Phi) is 4.40. The summed E-state index contributed by atoms with van der Waals surface area (Å²) in [5.74, 6) is -0.396. The van der Waals surface area contributed by atoms with Gasteiger partial charge < -0.3 is 5.11 Å². The highest BCUT2D eigenvalue weighted by atomic mass is 19.4. The van der Waals surface area contributed by atoms with E-state index in [1.54, 1.807) is 20.8 Å². The SMILES string of the molecule is CC(C)(C)C(O)C(=O)Cc1ccc(C(F)(F)F)cc1. The fourth-order valence-electron chi connectivity index (χ4n) is 1.59. The Morgan fingerprint density at radius 3 is 2.00 bits per heavy atom. The van der Waals surface area contributed by atoms with Gasteiger partial charge in [-0.1, -0.05) is 32.9 Å². The summed E-state index contributed by atoms with van der Waals surface area (Å²) in [6, 6.07) is 4.39. The van der Waals surface area contributed by atoms with Gasteiger partial charge in [0.1, 0.15) is 6.10 Å². The molecule has 0 heterocycles. The van der Waals surface area contributed by atoms with Crippen LogP contribution in [0.3, 0.4) is 0 Å². The van der Waals surface area contributed by atoms with Crippen molar-refractivity contribution in [3.8, 4) is 0 Å². The zero-order valence-corrected chi connectivity index (χ0v) is 11.1. The lowest BCUT2D eigenvalue weighted by Crippen LogP contribution is -2.35. The Morgan fingerprint density at radius 1 is 1.16 bits per heavy atom. The number of aliphatic hydroxyl groups excluding tert-OH is 1. The summed E-state index contributed by atoms with van der Waals surface area (Å²) in [7, 11) is 0. The van der Waals surface area contributed by atoms with Crippen LogP contribution in [0.25, 0.3) is 0 Å². The van der Waals surface area contributed by atoms with Gasteiger partial charge in [-0.25, -0.2) is 0 Å². The lowest BCUT2D eigenvalue weighted by molar-refractivity contribution is -0.137. The minimum atomic E-state index is -4.38. The Balaban J connectivity index is 2.77. The number of ketones is 1. The van der Waals surface area contributed by atoms with Crippen LogP contribution in [0.5, 0.6) is 0 Å². The molecule has 2 nitrogen and oxygen atoms in total. The average Bonchev–Trinajstić information content (AvgIpc) is 2.26. The molecule has 0 spiro atoms. The van der Waals surface area contributed by atoms with Gasteiger partial charge >= 0.3 is 6.18 Å². The van der Waals surface area contributed by atoms with Crippen molar-refractivity contribution in [2.45, 2.75) is 39.5 Å². The van der Waals surface area contributed by atoms with Gasteiger partial charge in [-0.05, 0) is 23.1 Å². The first-order valence-electron chi connectivity index (χ1n) is 5.89. The molecular weight excluding hydrogens is 257 g/mol. The normalized spacial score (nSPS) is 14.3. The van der Waals surface area contributed by atoms with Gasteiger partial charge in [0, 0.05) is 6.42 Å². The molecule has 0 saturated carbocycles. The van der Waals surface area contributed by atoms with Crippen LogP contribution in [0.4, 0.5) is 13.2 Å². The summed E-state index contributed by atoms with van der Waals surface area (Å²) >= 11 is 0. The number of hydrogen-bond acceptors (Lipinski definition) is 2. The van der Waals surface area contributed by atoms with E-state index in [0.717, 1.165) is 12.1 Å². The predicted octanol–water partition coefficient (Wildman–Crippen LogP) is 3.22. The number of Topliss-reactive ketones (excluding diaryl/α,β-unsaturated/α-hetero) is 1. The van der Waals surface area contributed by atoms with E-state index in [0.29, 0.717) is 5.56 Å². The summed E-state index contributed by atoms with van der Waals surface area (Å²) < 4.78 is 37.1. The maximum atomic E-state index is 12.4. The summed E-state index contributed by atoms with van der Waals surface area (Å²) in [5.41, 5.74) is -0.871. The quantitative estimate of drug-likeness (QED) is 0.918. The van der Waals surface area contributed by atoms with Crippen molar-refractivity contribution in [3.63, 3.8) is 0 Å². The molecular formula is C14H17F3O2. The fraction of sp³-hybridized carbons (Fsp3) is 0.500. The molecule has 0 aromatic heterocycles.